The summed E-state index contributed by atoms with van der Waals surface area (Å²) in [5, 5.41) is 40.7. The van der Waals surface area contributed by atoms with E-state index in [1.165, 1.54) is 18.2 Å². The maximum absolute atomic E-state index is 12.6. The summed E-state index contributed by atoms with van der Waals surface area (Å²) in [5.41, 5.74) is 0.351. The molecule has 2 heterocycles. The van der Waals surface area contributed by atoms with E-state index in [1.807, 2.05) is 0 Å². The number of benzene rings is 3. The van der Waals surface area contributed by atoms with Crippen LogP contribution in [-0.2, 0) is 46.7 Å². The van der Waals surface area contributed by atoms with Crippen LogP contribution in [0.4, 0.5) is 23.0 Å². The molecule has 0 atom stereocenters. The zero-order valence-electron chi connectivity index (χ0n) is 29.0. The van der Waals surface area contributed by atoms with Crippen molar-refractivity contribution in [3.8, 4) is 5.69 Å². The number of azo groups is 1. The molecule has 0 saturated heterocycles. The lowest BCUT2D eigenvalue weighted by Gasteiger charge is -2.17. The van der Waals surface area contributed by atoms with Crippen molar-refractivity contribution in [3.63, 3.8) is 0 Å². The van der Waals surface area contributed by atoms with Crippen LogP contribution in [0, 0.1) is 6.92 Å². The van der Waals surface area contributed by atoms with Crippen molar-refractivity contribution in [3.05, 3.63) is 53.6 Å². The number of aliphatic imine (C=N–C) groups is 1. The molecule has 22 nitrogen and oxygen atoms in total. The monoisotopic (exact) mass is 855 g/mol. The zero-order chi connectivity index (χ0) is 41.2. The number of anilines is 2. The highest BCUT2D eigenvalue weighted by molar-refractivity contribution is 7.91. The average molecular weight is 856 g/mol. The minimum Gasteiger partial charge on any atom is -0.395 e. The number of nitrogens with zero attached hydrogens (tertiary/aromatic N) is 7. The topological polar surface area (TPSA) is 342 Å². The Morgan fingerprint density at radius 2 is 1.45 bits per heavy atom. The summed E-state index contributed by atoms with van der Waals surface area (Å²) in [4.78, 5) is 6.79. The van der Waals surface area contributed by atoms with Gasteiger partial charge in [0.2, 0.25) is 0 Å². The van der Waals surface area contributed by atoms with Gasteiger partial charge in [-0.25, -0.2) is 13.4 Å². The van der Waals surface area contributed by atoms with Gasteiger partial charge in [-0.1, -0.05) is 6.07 Å². The second-order valence-electron chi connectivity index (χ2n) is 11.8. The molecule has 0 aliphatic carbocycles. The molecule has 2 aromatic heterocycles. The summed E-state index contributed by atoms with van der Waals surface area (Å²) >= 11 is 0. The van der Waals surface area contributed by atoms with Crippen molar-refractivity contribution < 1.29 is 57.5 Å². The lowest BCUT2D eigenvalue weighted by Crippen LogP contribution is -2.21. The van der Waals surface area contributed by atoms with Crippen LogP contribution in [-0.4, -0.2) is 122 Å². The predicted octanol–water partition coefficient (Wildman–Crippen LogP) is 1.86. The Morgan fingerprint density at radius 3 is 2.07 bits per heavy atom. The first-order valence-electron chi connectivity index (χ1n) is 15.9. The molecule has 3 aromatic carbocycles. The number of nitrogens with one attached hydrogen (secondary N) is 2. The molecule has 0 fully saturated rings. The Hall–Kier alpha value is -5.06. The van der Waals surface area contributed by atoms with Gasteiger partial charge in [-0.3, -0.25) is 18.7 Å². The first kappa shape index (κ1) is 42.1. The first-order valence-corrected chi connectivity index (χ1v) is 22.0. The summed E-state index contributed by atoms with van der Waals surface area (Å²) in [6, 6.07) is 7.37. The van der Waals surface area contributed by atoms with Gasteiger partial charge in [0.1, 0.15) is 38.0 Å². The average Bonchev–Trinajstić information content (AvgIpc) is 3.55. The smallest absolute Gasteiger partial charge is 0.296 e. The predicted molar refractivity (Wildman–Crippen MR) is 202 cm³/mol. The molecule has 0 amide bonds. The normalized spacial score (nSPS) is 12.8. The second kappa shape index (κ2) is 16.2. The molecule has 0 aliphatic heterocycles. The van der Waals surface area contributed by atoms with Gasteiger partial charge in [-0.15, -0.1) is 20.4 Å². The van der Waals surface area contributed by atoms with Crippen LogP contribution in [0.15, 0.2) is 72.4 Å². The van der Waals surface area contributed by atoms with Crippen LogP contribution in [0.5, 0.6) is 0 Å². The van der Waals surface area contributed by atoms with Gasteiger partial charge in [0.25, 0.3) is 30.4 Å². The number of pyridine rings is 1. The Morgan fingerprint density at radius 1 is 0.750 bits per heavy atom. The lowest BCUT2D eigenvalue weighted by molar-refractivity contribution is 0.311. The van der Waals surface area contributed by atoms with Gasteiger partial charge in [-0.05, 0) is 55.6 Å². The van der Waals surface area contributed by atoms with Gasteiger partial charge in [-0.2, -0.15) is 30.0 Å². The Labute approximate surface area is 319 Å². The summed E-state index contributed by atoms with van der Waals surface area (Å²) in [5.74, 6) is -0.501. The summed E-state index contributed by atoms with van der Waals surface area (Å²) in [6.07, 6.45) is 0. The standard InChI is InChI=1S/C30H33N9O13S4/c1-17-22(16-31-2)29(33-8-11-53(42,43)12-10-41)34-30(32-7-9-40)27(17)36-35-23-5-3-18(13-26(23)56(50,51)52)39-37-24-6-4-20-21(28(24)38-39)14-19(54(44,45)46)15-25(20)55(47,48)49/h3-6,13-15,40-41H,2,7-12,16H2,1H3,(H2,32,33,34)(H,44,45,46)(H,47,48,49)(H,50,51,52). The van der Waals surface area contributed by atoms with E-state index in [4.69, 9.17) is 5.11 Å². The highest BCUT2D eigenvalue weighted by atomic mass is 32.2. The third kappa shape index (κ3) is 9.31. The minimum atomic E-state index is -5.04. The van der Waals surface area contributed by atoms with Gasteiger partial charge in [0.15, 0.2) is 15.7 Å². The fourth-order valence-electron chi connectivity index (χ4n) is 5.42. The third-order valence-corrected chi connectivity index (χ3v) is 12.3. The summed E-state index contributed by atoms with van der Waals surface area (Å²) in [7, 11) is -18.6. The molecule has 0 radical (unpaired) electrons. The van der Waals surface area contributed by atoms with Crippen molar-refractivity contribution in [1.82, 2.24) is 20.0 Å². The van der Waals surface area contributed by atoms with E-state index >= 15 is 0 Å². The third-order valence-electron chi connectivity index (χ3n) is 8.03. The van der Waals surface area contributed by atoms with E-state index in [9.17, 15) is 52.4 Å². The molecular formula is C30H33N9O13S4. The zero-order valence-corrected chi connectivity index (χ0v) is 32.2. The van der Waals surface area contributed by atoms with E-state index in [2.05, 4.69) is 47.8 Å². The molecule has 5 aromatic rings. The number of aliphatic hydroxyl groups is 2. The molecule has 5 rings (SSSR count). The largest absolute Gasteiger partial charge is 0.395 e. The minimum absolute atomic E-state index is 0.0158. The molecule has 0 unspecified atom stereocenters. The van der Waals surface area contributed by atoms with Crippen molar-refractivity contribution in [2.45, 2.75) is 28.2 Å². The van der Waals surface area contributed by atoms with Crippen LogP contribution < -0.4 is 10.6 Å². The Balaban J connectivity index is 1.60. The molecule has 26 heteroatoms. The van der Waals surface area contributed by atoms with E-state index < -0.39 is 67.2 Å². The molecule has 0 spiro atoms. The van der Waals surface area contributed by atoms with E-state index in [-0.39, 0.29) is 82.5 Å². The van der Waals surface area contributed by atoms with Crippen LogP contribution in [0.1, 0.15) is 11.1 Å². The molecule has 0 saturated carbocycles. The van der Waals surface area contributed by atoms with Crippen molar-refractivity contribution in [2.24, 2.45) is 15.2 Å². The van der Waals surface area contributed by atoms with Crippen LogP contribution in [0.25, 0.3) is 27.5 Å². The van der Waals surface area contributed by atoms with Crippen molar-refractivity contribution >= 4 is 91.7 Å². The maximum Gasteiger partial charge on any atom is 0.296 e. The molecule has 0 aliphatic rings. The number of sulfone groups is 1. The Kier molecular flexibility index (Phi) is 12.2. The highest BCUT2D eigenvalue weighted by Gasteiger charge is 2.24. The number of rotatable bonds is 17. The maximum atomic E-state index is 12.6. The fourth-order valence-corrected chi connectivity index (χ4v) is 8.30. The van der Waals surface area contributed by atoms with E-state index in [0.717, 1.165) is 23.0 Å². The van der Waals surface area contributed by atoms with Gasteiger partial charge in [0, 0.05) is 29.4 Å². The molecule has 7 N–H and O–H groups in total. The fraction of sp³-hybridized carbons (Fsp3) is 0.267. The van der Waals surface area contributed by atoms with Gasteiger partial charge < -0.3 is 20.8 Å². The summed E-state index contributed by atoms with van der Waals surface area (Å²) in [6.45, 7) is 4.11. The lowest BCUT2D eigenvalue weighted by atomic mass is 10.1. The second-order valence-corrected chi connectivity index (χ2v) is 18.3. The summed E-state index contributed by atoms with van der Waals surface area (Å²) < 4.78 is 127. The number of fused-ring (bicyclic) bond motifs is 3. The van der Waals surface area contributed by atoms with E-state index in [1.54, 1.807) is 6.92 Å². The number of aliphatic hydroxyl groups excluding tert-OH is 2. The molecule has 300 valence electrons. The highest BCUT2D eigenvalue weighted by Crippen LogP contribution is 2.37. The van der Waals surface area contributed by atoms with Crippen LogP contribution >= 0.6 is 0 Å². The number of hydrogen-bond acceptors (Lipinski definition) is 18. The molecular weight excluding hydrogens is 823 g/mol. The van der Waals surface area contributed by atoms with Crippen molar-refractivity contribution in [1.29, 1.82) is 0 Å². The number of hydrogen-bond donors (Lipinski definition) is 7. The van der Waals surface area contributed by atoms with Gasteiger partial charge in [0.05, 0.1) is 41.8 Å². The SMILES string of the molecule is C=NCc1c(NCCS(=O)(=O)CCO)nc(NCCO)c(N=Nc2ccc(-n3nc4ccc5c(S(=O)(=O)O)cc(S(=O)(=O)O)cc5c4n3)cc2S(=O)(=O)O)c1C. The van der Waals surface area contributed by atoms with Crippen LogP contribution in [0.2, 0.25) is 0 Å². The molecule has 56 heavy (non-hydrogen) atoms. The quantitative estimate of drug-likeness (QED) is 0.0398. The first-order chi connectivity index (χ1) is 26.2. The molecule has 0 bridgehead atoms. The van der Waals surface area contributed by atoms with Crippen LogP contribution in [0.3, 0.4) is 0 Å². The number of aromatic nitrogens is 4. The Bertz CT molecular complexity index is 2850. The van der Waals surface area contributed by atoms with Gasteiger partial charge >= 0.3 is 0 Å². The van der Waals surface area contributed by atoms with E-state index in [0.29, 0.717) is 17.2 Å². The van der Waals surface area contributed by atoms with Crippen molar-refractivity contribution in [2.75, 3.05) is 48.4 Å².